The average molecular weight is 381 g/mol. The van der Waals surface area contributed by atoms with E-state index < -0.39 is 10.0 Å². The number of nitrogens with zero attached hydrogens (tertiary/aromatic N) is 2. The van der Waals surface area contributed by atoms with E-state index in [-0.39, 0.29) is 0 Å². The van der Waals surface area contributed by atoms with Gasteiger partial charge in [-0.1, -0.05) is 11.6 Å². The number of pyridine rings is 1. The Morgan fingerprint density at radius 2 is 1.96 bits per heavy atom. The van der Waals surface area contributed by atoms with Gasteiger partial charge in [-0.2, -0.15) is 5.10 Å². The molecule has 2 aromatic heterocycles. The van der Waals surface area contributed by atoms with Crippen molar-refractivity contribution in [3.8, 4) is 17.1 Å². The lowest BCUT2D eigenvalue weighted by Gasteiger charge is -2.13. The van der Waals surface area contributed by atoms with Crippen molar-refractivity contribution in [2.24, 2.45) is 0 Å². The first-order chi connectivity index (χ1) is 11.7. The van der Waals surface area contributed by atoms with E-state index in [0.29, 0.717) is 33.4 Å². The molecule has 0 aliphatic carbocycles. The third kappa shape index (κ3) is 3.40. The Balaban J connectivity index is 2.24. The van der Waals surface area contributed by atoms with E-state index in [2.05, 4.69) is 19.9 Å². The van der Waals surface area contributed by atoms with Gasteiger partial charge in [0.25, 0.3) is 0 Å². The van der Waals surface area contributed by atoms with Crippen LogP contribution in [0.5, 0.6) is 5.75 Å². The lowest BCUT2D eigenvalue weighted by atomic mass is 10.1. The molecule has 0 fully saturated rings. The molecule has 25 heavy (non-hydrogen) atoms. The molecule has 0 aliphatic rings. The average Bonchev–Trinajstić information content (AvgIpc) is 2.84. The van der Waals surface area contributed by atoms with Crippen molar-refractivity contribution in [3.63, 3.8) is 0 Å². The fourth-order valence-electron chi connectivity index (χ4n) is 2.58. The summed E-state index contributed by atoms with van der Waals surface area (Å²) in [6.45, 7) is 3.76. The lowest BCUT2D eigenvalue weighted by molar-refractivity contribution is 0.417. The van der Waals surface area contributed by atoms with Gasteiger partial charge in [-0.25, -0.2) is 13.4 Å². The van der Waals surface area contributed by atoms with Gasteiger partial charge in [0.05, 0.1) is 41.0 Å². The molecule has 7 nitrogen and oxygen atoms in total. The molecule has 3 aromatic rings. The van der Waals surface area contributed by atoms with Crippen LogP contribution in [0.2, 0.25) is 5.02 Å². The number of methoxy groups -OCH3 is 1. The number of benzene rings is 1. The van der Waals surface area contributed by atoms with Crippen molar-refractivity contribution in [3.05, 3.63) is 34.5 Å². The summed E-state index contributed by atoms with van der Waals surface area (Å²) in [5.41, 5.74) is 3.79. The molecule has 0 saturated heterocycles. The van der Waals surface area contributed by atoms with Gasteiger partial charge in [0.2, 0.25) is 10.0 Å². The minimum atomic E-state index is -3.45. The third-order valence-corrected chi connectivity index (χ3v) is 4.80. The van der Waals surface area contributed by atoms with Crippen LogP contribution in [0.1, 0.15) is 11.3 Å². The first kappa shape index (κ1) is 17.5. The van der Waals surface area contributed by atoms with Crippen molar-refractivity contribution >= 4 is 38.2 Å². The highest BCUT2D eigenvalue weighted by molar-refractivity contribution is 7.92. The second-order valence-electron chi connectivity index (χ2n) is 5.78. The van der Waals surface area contributed by atoms with E-state index in [9.17, 15) is 8.42 Å². The Hall–Kier alpha value is -2.32. The zero-order valence-corrected chi connectivity index (χ0v) is 15.7. The molecule has 2 heterocycles. The quantitative estimate of drug-likeness (QED) is 0.723. The van der Waals surface area contributed by atoms with Gasteiger partial charge < -0.3 is 4.74 Å². The van der Waals surface area contributed by atoms with Gasteiger partial charge >= 0.3 is 0 Å². The molecule has 0 radical (unpaired) electrons. The van der Waals surface area contributed by atoms with E-state index >= 15 is 0 Å². The van der Waals surface area contributed by atoms with E-state index in [1.807, 2.05) is 19.9 Å². The molecule has 0 bridgehead atoms. The van der Waals surface area contributed by atoms with Crippen LogP contribution in [-0.2, 0) is 10.0 Å². The summed E-state index contributed by atoms with van der Waals surface area (Å²) in [7, 11) is -1.97. The maximum Gasteiger partial charge on any atom is 0.229 e. The van der Waals surface area contributed by atoms with Gasteiger partial charge in [-0.3, -0.25) is 9.82 Å². The summed E-state index contributed by atoms with van der Waals surface area (Å²) >= 11 is 6.27. The number of hydrogen-bond acceptors (Lipinski definition) is 5. The number of anilines is 1. The highest BCUT2D eigenvalue weighted by atomic mass is 35.5. The van der Waals surface area contributed by atoms with Gasteiger partial charge in [0, 0.05) is 5.39 Å². The predicted molar refractivity (Wildman–Crippen MR) is 98.8 cm³/mol. The van der Waals surface area contributed by atoms with Crippen LogP contribution in [-0.4, -0.2) is 37.0 Å². The number of ether oxygens (including phenoxy) is 1. The van der Waals surface area contributed by atoms with Crippen LogP contribution >= 0.6 is 11.6 Å². The standard InChI is InChI=1S/C16H17ClN4O3S/c1-8-5-13(16-15(17)9(2)19-20-16)18-11-7-12(21-25(4,22)23)14(24-3)6-10(8)11/h5-7,21H,1-4H3,(H,19,20). The van der Waals surface area contributed by atoms with Crippen LogP contribution in [0.15, 0.2) is 18.2 Å². The minimum absolute atomic E-state index is 0.325. The van der Waals surface area contributed by atoms with Crippen molar-refractivity contribution in [1.29, 1.82) is 0 Å². The molecular weight excluding hydrogens is 364 g/mol. The molecule has 0 unspecified atom stereocenters. The molecule has 0 saturated carbocycles. The third-order valence-electron chi connectivity index (χ3n) is 3.75. The second kappa shape index (κ2) is 6.20. The number of rotatable bonds is 4. The van der Waals surface area contributed by atoms with Crippen molar-refractivity contribution < 1.29 is 13.2 Å². The summed E-state index contributed by atoms with van der Waals surface area (Å²) in [5.74, 6) is 0.421. The monoisotopic (exact) mass is 380 g/mol. The number of fused-ring (bicyclic) bond motifs is 1. The van der Waals surface area contributed by atoms with E-state index in [1.54, 1.807) is 12.1 Å². The van der Waals surface area contributed by atoms with Gasteiger partial charge in [0.15, 0.2) is 0 Å². The fourth-order valence-corrected chi connectivity index (χ4v) is 3.32. The Labute approximate surface area is 150 Å². The molecule has 2 N–H and O–H groups in total. The van der Waals surface area contributed by atoms with Crippen LogP contribution in [0.3, 0.4) is 0 Å². The summed E-state index contributed by atoms with van der Waals surface area (Å²) in [4.78, 5) is 4.59. The Morgan fingerprint density at radius 3 is 2.52 bits per heavy atom. The molecule has 0 aliphatic heterocycles. The highest BCUT2D eigenvalue weighted by Gasteiger charge is 2.16. The fraction of sp³-hybridized carbons (Fsp3) is 0.250. The maximum atomic E-state index is 11.6. The number of hydrogen-bond donors (Lipinski definition) is 2. The number of sulfonamides is 1. The Bertz CT molecular complexity index is 1080. The Kier molecular flexibility index (Phi) is 4.34. The summed E-state index contributed by atoms with van der Waals surface area (Å²) in [6, 6.07) is 5.28. The van der Waals surface area contributed by atoms with E-state index in [1.165, 1.54) is 7.11 Å². The van der Waals surface area contributed by atoms with Gasteiger partial charge in [-0.15, -0.1) is 0 Å². The van der Waals surface area contributed by atoms with Crippen molar-refractivity contribution in [1.82, 2.24) is 15.2 Å². The molecule has 9 heteroatoms. The topological polar surface area (TPSA) is 97.0 Å². The molecule has 0 spiro atoms. The number of aromatic amines is 1. The van der Waals surface area contributed by atoms with Crippen LogP contribution in [0, 0.1) is 13.8 Å². The number of aromatic nitrogens is 3. The predicted octanol–water partition coefficient (Wildman–Crippen LogP) is 3.28. The van der Waals surface area contributed by atoms with Gasteiger partial charge in [-0.05, 0) is 37.6 Å². The number of aryl methyl sites for hydroxylation is 2. The zero-order chi connectivity index (χ0) is 18.4. The van der Waals surface area contributed by atoms with Crippen molar-refractivity contribution in [2.45, 2.75) is 13.8 Å². The van der Waals surface area contributed by atoms with Gasteiger partial charge in [0.1, 0.15) is 11.4 Å². The highest BCUT2D eigenvalue weighted by Crippen LogP contribution is 2.34. The Morgan fingerprint density at radius 1 is 1.24 bits per heavy atom. The maximum absolute atomic E-state index is 11.6. The van der Waals surface area contributed by atoms with Crippen molar-refractivity contribution in [2.75, 3.05) is 18.1 Å². The first-order valence-corrected chi connectivity index (χ1v) is 9.64. The summed E-state index contributed by atoms with van der Waals surface area (Å²) in [6.07, 6.45) is 1.08. The number of nitrogens with one attached hydrogen (secondary N) is 2. The first-order valence-electron chi connectivity index (χ1n) is 7.37. The second-order valence-corrected chi connectivity index (χ2v) is 7.91. The zero-order valence-electron chi connectivity index (χ0n) is 14.1. The van der Waals surface area contributed by atoms with Crippen LogP contribution in [0.4, 0.5) is 5.69 Å². The van der Waals surface area contributed by atoms with Crippen LogP contribution < -0.4 is 9.46 Å². The largest absolute Gasteiger partial charge is 0.495 e. The normalized spacial score (nSPS) is 11.7. The number of H-pyrrole nitrogens is 1. The molecule has 132 valence electrons. The summed E-state index contributed by atoms with van der Waals surface area (Å²) < 4.78 is 30.9. The lowest BCUT2D eigenvalue weighted by Crippen LogP contribution is -2.10. The van der Waals surface area contributed by atoms with Crippen LogP contribution in [0.25, 0.3) is 22.3 Å². The summed E-state index contributed by atoms with van der Waals surface area (Å²) in [5, 5.41) is 8.38. The van der Waals surface area contributed by atoms with E-state index in [0.717, 1.165) is 22.9 Å². The molecule has 1 aromatic carbocycles. The molecule has 0 amide bonds. The number of halogens is 1. The molecule has 0 atom stereocenters. The van der Waals surface area contributed by atoms with E-state index in [4.69, 9.17) is 16.3 Å². The smallest absolute Gasteiger partial charge is 0.229 e. The minimum Gasteiger partial charge on any atom is -0.495 e. The molecule has 3 rings (SSSR count). The molecular formula is C16H17ClN4O3S. The SMILES string of the molecule is COc1cc2c(C)cc(-c3n[nH]c(C)c3Cl)nc2cc1NS(C)(=O)=O.